The summed E-state index contributed by atoms with van der Waals surface area (Å²) in [5.41, 5.74) is 4.71. The Morgan fingerprint density at radius 3 is 3.04 bits per heavy atom. The van der Waals surface area contributed by atoms with Gasteiger partial charge in [-0.2, -0.15) is 4.98 Å². The van der Waals surface area contributed by atoms with Crippen LogP contribution in [0.4, 0.5) is 5.95 Å². The standard InChI is InChI=1S/C13H19N5O4S2/c1-2-23-24-5-13(3-7(20)8(4-19)22-13)18-6-15-9-10(18)16-12(14)17-11(9)21/h6-8,19-20H,2-5H2,1H3,(H3,14,16,17,21)/t7-,8+,13-/m0/s1. The lowest BCUT2D eigenvalue weighted by Gasteiger charge is -2.30. The number of imidazole rings is 1. The molecule has 0 aromatic carbocycles. The molecule has 3 heterocycles. The number of aliphatic hydroxyl groups excluding tert-OH is 2. The second-order valence-corrected chi connectivity index (χ2v) is 8.21. The van der Waals surface area contributed by atoms with Gasteiger partial charge in [-0.15, -0.1) is 0 Å². The molecule has 1 aliphatic heterocycles. The van der Waals surface area contributed by atoms with E-state index in [0.29, 0.717) is 11.4 Å². The number of nitrogens with one attached hydrogen (secondary N) is 1. The highest BCUT2D eigenvalue weighted by molar-refractivity contribution is 8.76. The van der Waals surface area contributed by atoms with Crippen molar-refractivity contribution in [2.45, 2.75) is 31.3 Å². The predicted molar refractivity (Wildman–Crippen MR) is 93.7 cm³/mol. The van der Waals surface area contributed by atoms with Gasteiger partial charge in [-0.3, -0.25) is 14.3 Å². The van der Waals surface area contributed by atoms with Crippen LogP contribution in [0.15, 0.2) is 11.1 Å². The van der Waals surface area contributed by atoms with Gasteiger partial charge < -0.3 is 20.7 Å². The van der Waals surface area contributed by atoms with Crippen molar-refractivity contribution in [1.29, 1.82) is 0 Å². The van der Waals surface area contributed by atoms with Crippen LogP contribution in [0.25, 0.3) is 11.2 Å². The number of H-pyrrole nitrogens is 1. The molecule has 0 aliphatic carbocycles. The van der Waals surface area contributed by atoms with Crippen LogP contribution in [0.5, 0.6) is 0 Å². The number of hydrogen-bond donors (Lipinski definition) is 4. The van der Waals surface area contributed by atoms with Crippen molar-refractivity contribution < 1.29 is 14.9 Å². The Morgan fingerprint density at radius 1 is 1.58 bits per heavy atom. The molecule has 132 valence electrons. The molecule has 1 saturated heterocycles. The third-order valence-electron chi connectivity index (χ3n) is 3.86. The number of anilines is 1. The van der Waals surface area contributed by atoms with Crippen LogP contribution in [0.2, 0.25) is 0 Å². The first kappa shape index (κ1) is 17.5. The van der Waals surface area contributed by atoms with Crippen LogP contribution in [0.3, 0.4) is 0 Å². The molecule has 2 aromatic rings. The van der Waals surface area contributed by atoms with E-state index in [-0.39, 0.29) is 24.5 Å². The SMILES string of the molecule is CCSSC[C@]1(n2cnc3c(=O)[nH]c(N)nc32)C[C@H](O)[C@@H](CO)O1. The molecule has 3 atom stereocenters. The van der Waals surface area contributed by atoms with Gasteiger partial charge in [0.25, 0.3) is 5.56 Å². The molecule has 1 fully saturated rings. The van der Waals surface area contributed by atoms with Gasteiger partial charge in [0, 0.05) is 12.2 Å². The van der Waals surface area contributed by atoms with Crippen LogP contribution in [-0.2, 0) is 10.5 Å². The fraction of sp³-hybridized carbons (Fsp3) is 0.615. The number of fused-ring (bicyclic) bond motifs is 1. The molecule has 0 bridgehead atoms. The maximum Gasteiger partial charge on any atom is 0.280 e. The first-order chi connectivity index (χ1) is 11.5. The number of nitrogen functional groups attached to an aromatic ring is 1. The molecule has 0 radical (unpaired) electrons. The fourth-order valence-corrected chi connectivity index (χ4v) is 4.85. The van der Waals surface area contributed by atoms with Gasteiger partial charge in [-0.25, -0.2) is 4.98 Å². The van der Waals surface area contributed by atoms with Crippen LogP contribution in [0.1, 0.15) is 13.3 Å². The highest BCUT2D eigenvalue weighted by Gasteiger charge is 2.48. The lowest BCUT2D eigenvalue weighted by molar-refractivity contribution is -0.100. The highest BCUT2D eigenvalue weighted by atomic mass is 33.1. The van der Waals surface area contributed by atoms with Crippen molar-refractivity contribution in [3.63, 3.8) is 0 Å². The van der Waals surface area contributed by atoms with Crippen molar-refractivity contribution in [2.24, 2.45) is 0 Å². The van der Waals surface area contributed by atoms with Crippen LogP contribution < -0.4 is 11.3 Å². The zero-order valence-corrected chi connectivity index (χ0v) is 14.6. The lowest BCUT2D eigenvalue weighted by Crippen LogP contribution is -2.37. The summed E-state index contributed by atoms with van der Waals surface area (Å²) in [6.07, 6.45) is 0.207. The molecular formula is C13H19N5O4S2. The second-order valence-electron chi connectivity index (χ2n) is 5.46. The van der Waals surface area contributed by atoms with Gasteiger partial charge in [0.2, 0.25) is 5.95 Å². The molecule has 24 heavy (non-hydrogen) atoms. The molecule has 0 spiro atoms. The molecule has 0 amide bonds. The molecule has 5 N–H and O–H groups in total. The van der Waals surface area contributed by atoms with Crippen molar-refractivity contribution in [1.82, 2.24) is 19.5 Å². The molecule has 9 nitrogen and oxygen atoms in total. The zero-order chi connectivity index (χ0) is 17.3. The number of aromatic nitrogens is 4. The number of nitrogens with two attached hydrogens (primary N) is 1. The van der Waals surface area contributed by atoms with E-state index in [1.165, 1.54) is 6.33 Å². The largest absolute Gasteiger partial charge is 0.394 e. The van der Waals surface area contributed by atoms with E-state index < -0.39 is 23.5 Å². The summed E-state index contributed by atoms with van der Waals surface area (Å²) in [6.45, 7) is 1.75. The van der Waals surface area contributed by atoms with Crippen LogP contribution in [0, 0.1) is 0 Å². The van der Waals surface area contributed by atoms with E-state index in [1.54, 1.807) is 26.2 Å². The van der Waals surface area contributed by atoms with Gasteiger partial charge in [-0.05, 0) is 0 Å². The van der Waals surface area contributed by atoms with Crippen LogP contribution in [-0.4, -0.2) is 60.1 Å². The highest BCUT2D eigenvalue weighted by Crippen LogP contribution is 2.41. The number of hydrogen-bond acceptors (Lipinski definition) is 9. The number of aromatic amines is 1. The Hall–Kier alpha value is -1.27. The minimum absolute atomic E-state index is 0.0164. The Bertz CT molecular complexity index is 781. The second kappa shape index (κ2) is 6.92. The van der Waals surface area contributed by atoms with Crippen molar-refractivity contribution >= 4 is 38.7 Å². The van der Waals surface area contributed by atoms with E-state index >= 15 is 0 Å². The summed E-state index contributed by atoms with van der Waals surface area (Å²) in [5, 5.41) is 19.6. The predicted octanol–water partition coefficient (Wildman–Crippen LogP) is -0.102. The molecular weight excluding hydrogens is 354 g/mol. The van der Waals surface area contributed by atoms with Gasteiger partial charge in [0.05, 0.1) is 24.8 Å². The first-order valence-electron chi connectivity index (χ1n) is 7.45. The number of rotatable bonds is 6. The van der Waals surface area contributed by atoms with E-state index in [0.717, 1.165) is 5.75 Å². The number of ether oxygens (including phenoxy) is 1. The van der Waals surface area contributed by atoms with Crippen LogP contribution >= 0.6 is 21.6 Å². The van der Waals surface area contributed by atoms with Gasteiger partial charge in [-0.1, -0.05) is 28.5 Å². The summed E-state index contributed by atoms with van der Waals surface area (Å²) in [6, 6.07) is 0. The number of nitrogens with zero attached hydrogens (tertiary/aromatic N) is 3. The van der Waals surface area contributed by atoms with E-state index in [9.17, 15) is 15.0 Å². The summed E-state index contributed by atoms with van der Waals surface area (Å²) in [4.78, 5) is 22.7. The summed E-state index contributed by atoms with van der Waals surface area (Å²) >= 11 is 0. The third-order valence-corrected chi connectivity index (χ3v) is 6.39. The quantitative estimate of drug-likeness (QED) is 0.403. The number of aliphatic hydroxyl groups is 2. The smallest absolute Gasteiger partial charge is 0.280 e. The molecule has 11 heteroatoms. The van der Waals surface area contributed by atoms with E-state index in [4.69, 9.17) is 10.5 Å². The summed E-state index contributed by atoms with van der Waals surface area (Å²) in [5.74, 6) is 1.40. The summed E-state index contributed by atoms with van der Waals surface area (Å²) in [7, 11) is 3.24. The van der Waals surface area contributed by atoms with Crippen molar-refractivity contribution in [2.75, 3.05) is 23.8 Å². The molecule has 0 saturated carbocycles. The molecule has 0 unspecified atom stereocenters. The van der Waals surface area contributed by atoms with Crippen molar-refractivity contribution in [3.05, 3.63) is 16.7 Å². The maximum atomic E-state index is 12.0. The Morgan fingerprint density at radius 2 is 2.38 bits per heavy atom. The Labute approximate surface area is 145 Å². The van der Waals surface area contributed by atoms with Gasteiger partial charge in [0.1, 0.15) is 6.10 Å². The minimum Gasteiger partial charge on any atom is -0.394 e. The molecule has 2 aromatic heterocycles. The topological polar surface area (TPSA) is 139 Å². The minimum atomic E-state index is -0.957. The van der Waals surface area contributed by atoms with E-state index in [2.05, 4.69) is 15.0 Å². The van der Waals surface area contributed by atoms with E-state index in [1.807, 2.05) is 6.92 Å². The van der Waals surface area contributed by atoms with Gasteiger partial charge >= 0.3 is 0 Å². The monoisotopic (exact) mass is 373 g/mol. The maximum absolute atomic E-state index is 12.0. The Balaban J connectivity index is 2.08. The third kappa shape index (κ3) is 3.02. The normalized spacial score (nSPS) is 27.1. The van der Waals surface area contributed by atoms with Crippen molar-refractivity contribution in [3.8, 4) is 0 Å². The fourth-order valence-electron chi connectivity index (χ4n) is 2.79. The Kier molecular flexibility index (Phi) is 5.06. The summed E-state index contributed by atoms with van der Waals surface area (Å²) < 4.78 is 7.62. The molecule has 3 rings (SSSR count). The molecule has 1 aliphatic rings. The van der Waals surface area contributed by atoms with Gasteiger partial charge in [0.15, 0.2) is 16.9 Å². The lowest BCUT2D eigenvalue weighted by atomic mass is 10.1. The average molecular weight is 373 g/mol. The zero-order valence-electron chi connectivity index (χ0n) is 13.0. The average Bonchev–Trinajstić information content (AvgIpc) is 3.09. The first-order valence-corrected chi connectivity index (χ1v) is 9.94.